The van der Waals surface area contributed by atoms with E-state index in [9.17, 15) is 9.59 Å². The molecule has 0 radical (unpaired) electrons. The van der Waals surface area contributed by atoms with Crippen LogP contribution in [-0.2, 0) is 16.2 Å². The number of carbonyl (C=O) groups excluding carboxylic acids is 2. The Hall–Kier alpha value is -4.13. The molecule has 0 unspecified atom stereocenters. The van der Waals surface area contributed by atoms with E-state index in [2.05, 4.69) is 15.8 Å². The Morgan fingerprint density at radius 1 is 0.839 bits per heavy atom. The van der Waals surface area contributed by atoms with Gasteiger partial charge >= 0.3 is 11.8 Å². The second-order valence-corrected chi connectivity index (χ2v) is 6.45. The van der Waals surface area contributed by atoms with Crippen LogP contribution in [0.2, 0.25) is 0 Å². The van der Waals surface area contributed by atoms with Gasteiger partial charge in [0.05, 0.1) is 12.8 Å². The van der Waals surface area contributed by atoms with Crippen LogP contribution in [-0.4, -0.2) is 24.6 Å². The van der Waals surface area contributed by atoms with Crippen LogP contribution in [0.4, 0.5) is 5.69 Å². The molecule has 158 valence electrons. The van der Waals surface area contributed by atoms with Crippen LogP contribution in [0, 0.1) is 0 Å². The number of amides is 2. The molecular weight excluding hydrogens is 394 g/mol. The van der Waals surface area contributed by atoms with Crippen LogP contribution in [0.1, 0.15) is 18.1 Å². The predicted molar refractivity (Wildman–Crippen MR) is 119 cm³/mol. The average molecular weight is 417 g/mol. The number of nitrogens with one attached hydrogen (secondary N) is 2. The van der Waals surface area contributed by atoms with Gasteiger partial charge in [-0.1, -0.05) is 30.3 Å². The molecule has 0 fully saturated rings. The van der Waals surface area contributed by atoms with Gasteiger partial charge in [-0.25, -0.2) is 5.43 Å². The summed E-state index contributed by atoms with van der Waals surface area (Å²) in [6, 6.07) is 23.8. The highest BCUT2D eigenvalue weighted by Gasteiger charge is 2.12. The Bertz CT molecular complexity index is 1020. The van der Waals surface area contributed by atoms with Gasteiger partial charge in [0.25, 0.3) is 0 Å². The number of benzene rings is 3. The molecule has 7 heteroatoms. The zero-order valence-electron chi connectivity index (χ0n) is 17.1. The maximum atomic E-state index is 12.0. The number of nitrogens with zero attached hydrogens (tertiary/aromatic N) is 1. The van der Waals surface area contributed by atoms with Crippen molar-refractivity contribution >= 4 is 23.7 Å². The lowest BCUT2D eigenvalue weighted by Gasteiger charge is -2.06. The fraction of sp³-hybridized carbons (Fsp3) is 0.125. The first kappa shape index (κ1) is 21.6. The third-order valence-electron chi connectivity index (χ3n) is 4.14. The summed E-state index contributed by atoms with van der Waals surface area (Å²) in [4.78, 5) is 23.9. The van der Waals surface area contributed by atoms with Crippen LogP contribution in [0.15, 0.2) is 84.0 Å². The van der Waals surface area contributed by atoms with Gasteiger partial charge in [0.15, 0.2) is 0 Å². The fourth-order valence-corrected chi connectivity index (χ4v) is 2.60. The molecule has 0 heterocycles. The molecule has 0 saturated heterocycles. The predicted octanol–water partition coefficient (Wildman–Crippen LogP) is 3.75. The van der Waals surface area contributed by atoms with Gasteiger partial charge < -0.3 is 14.8 Å². The summed E-state index contributed by atoms with van der Waals surface area (Å²) in [7, 11) is 0. The topological polar surface area (TPSA) is 89.0 Å². The van der Waals surface area contributed by atoms with E-state index >= 15 is 0 Å². The van der Waals surface area contributed by atoms with Crippen LogP contribution in [0.25, 0.3) is 0 Å². The molecular formula is C24H23N3O4. The standard InChI is InChI=1S/C24H23N3O4/c1-2-30-21-14-10-20(11-15-21)26-23(28)24(29)27-25-16-18-8-12-22(13-9-18)31-17-19-6-4-3-5-7-19/h3-16H,2,17H2,1H3,(H,26,28)(H,27,29). The lowest BCUT2D eigenvalue weighted by molar-refractivity contribution is -0.136. The van der Waals surface area contributed by atoms with Gasteiger partial charge in [0.2, 0.25) is 0 Å². The van der Waals surface area contributed by atoms with Gasteiger partial charge in [-0.3, -0.25) is 9.59 Å². The summed E-state index contributed by atoms with van der Waals surface area (Å²) in [6.45, 7) is 2.91. The van der Waals surface area contributed by atoms with Crippen LogP contribution >= 0.6 is 0 Å². The van der Waals surface area contributed by atoms with Crippen molar-refractivity contribution in [3.05, 3.63) is 90.0 Å². The summed E-state index contributed by atoms with van der Waals surface area (Å²) in [5.74, 6) is -0.273. The normalized spacial score (nSPS) is 10.5. The minimum absolute atomic E-state index is 0.480. The Morgan fingerprint density at radius 2 is 1.48 bits per heavy atom. The summed E-state index contributed by atoms with van der Waals surface area (Å²) in [5.41, 5.74) is 4.52. The molecule has 0 aliphatic carbocycles. The lowest BCUT2D eigenvalue weighted by Crippen LogP contribution is -2.32. The molecule has 0 aliphatic rings. The Balaban J connectivity index is 1.44. The van der Waals surface area contributed by atoms with Crippen molar-refractivity contribution in [3.63, 3.8) is 0 Å². The molecule has 0 saturated carbocycles. The molecule has 3 aromatic carbocycles. The van der Waals surface area contributed by atoms with E-state index in [4.69, 9.17) is 9.47 Å². The molecule has 2 N–H and O–H groups in total. The number of rotatable bonds is 8. The Morgan fingerprint density at radius 3 is 2.16 bits per heavy atom. The van der Waals surface area contributed by atoms with E-state index in [1.165, 1.54) is 6.21 Å². The van der Waals surface area contributed by atoms with Crippen LogP contribution in [0.5, 0.6) is 11.5 Å². The average Bonchev–Trinajstić information content (AvgIpc) is 2.80. The molecule has 3 rings (SSSR count). The van der Waals surface area contributed by atoms with Gasteiger partial charge in [-0.05, 0) is 66.6 Å². The van der Waals surface area contributed by atoms with Crippen molar-refractivity contribution in [1.82, 2.24) is 5.43 Å². The van der Waals surface area contributed by atoms with Crippen LogP contribution < -0.4 is 20.2 Å². The molecule has 31 heavy (non-hydrogen) atoms. The van der Waals surface area contributed by atoms with Crippen molar-refractivity contribution < 1.29 is 19.1 Å². The molecule has 0 spiro atoms. The van der Waals surface area contributed by atoms with Gasteiger partial charge in [-0.2, -0.15) is 5.10 Å². The number of hydrogen-bond donors (Lipinski definition) is 2. The second kappa shape index (κ2) is 11.2. The van der Waals surface area contributed by atoms with Crippen molar-refractivity contribution in [2.75, 3.05) is 11.9 Å². The van der Waals surface area contributed by atoms with E-state index < -0.39 is 11.8 Å². The molecule has 2 amide bonds. The summed E-state index contributed by atoms with van der Waals surface area (Å²) in [5, 5.41) is 6.32. The maximum Gasteiger partial charge on any atom is 0.329 e. The maximum absolute atomic E-state index is 12.0. The van der Waals surface area contributed by atoms with E-state index in [-0.39, 0.29) is 0 Å². The number of anilines is 1. The van der Waals surface area contributed by atoms with E-state index in [0.717, 1.165) is 16.9 Å². The molecule has 3 aromatic rings. The smallest absolute Gasteiger partial charge is 0.329 e. The third kappa shape index (κ3) is 7.01. The number of hydrogen-bond acceptors (Lipinski definition) is 5. The highest BCUT2D eigenvalue weighted by Crippen LogP contribution is 2.15. The molecule has 0 aromatic heterocycles. The first-order valence-corrected chi connectivity index (χ1v) is 9.78. The zero-order chi connectivity index (χ0) is 21.9. The van der Waals surface area contributed by atoms with E-state index in [1.807, 2.05) is 49.4 Å². The minimum Gasteiger partial charge on any atom is -0.494 e. The first-order valence-electron chi connectivity index (χ1n) is 9.78. The molecule has 0 bridgehead atoms. The minimum atomic E-state index is -0.868. The SMILES string of the molecule is CCOc1ccc(NC(=O)C(=O)NN=Cc2ccc(OCc3ccccc3)cc2)cc1. The molecule has 0 aliphatic heterocycles. The first-order chi connectivity index (χ1) is 15.1. The summed E-state index contributed by atoms with van der Waals surface area (Å²) in [6.07, 6.45) is 1.45. The molecule has 7 nitrogen and oxygen atoms in total. The highest BCUT2D eigenvalue weighted by atomic mass is 16.5. The third-order valence-corrected chi connectivity index (χ3v) is 4.14. The van der Waals surface area contributed by atoms with Gasteiger partial charge in [0, 0.05) is 5.69 Å². The lowest BCUT2D eigenvalue weighted by atomic mass is 10.2. The summed E-state index contributed by atoms with van der Waals surface area (Å²) >= 11 is 0. The van der Waals surface area contributed by atoms with Crippen LogP contribution in [0.3, 0.4) is 0 Å². The van der Waals surface area contributed by atoms with Crippen molar-refractivity contribution in [1.29, 1.82) is 0 Å². The van der Waals surface area contributed by atoms with Crippen molar-refractivity contribution in [3.8, 4) is 11.5 Å². The highest BCUT2D eigenvalue weighted by molar-refractivity contribution is 6.39. The number of hydrazone groups is 1. The monoisotopic (exact) mass is 417 g/mol. The summed E-state index contributed by atoms with van der Waals surface area (Å²) < 4.78 is 11.1. The van der Waals surface area contributed by atoms with E-state index in [0.29, 0.717) is 24.7 Å². The number of carbonyl (C=O) groups is 2. The van der Waals surface area contributed by atoms with Crippen molar-refractivity contribution in [2.45, 2.75) is 13.5 Å². The molecule has 0 atom stereocenters. The van der Waals surface area contributed by atoms with E-state index in [1.54, 1.807) is 36.4 Å². The van der Waals surface area contributed by atoms with Crippen molar-refractivity contribution in [2.24, 2.45) is 5.10 Å². The zero-order valence-corrected chi connectivity index (χ0v) is 17.1. The quantitative estimate of drug-likeness (QED) is 0.332. The Labute approximate surface area is 180 Å². The van der Waals surface area contributed by atoms with Gasteiger partial charge in [-0.15, -0.1) is 0 Å². The Kier molecular flexibility index (Phi) is 7.77. The second-order valence-electron chi connectivity index (χ2n) is 6.45. The largest absolute Gasteiger partial charge is 0.494 e. The fourth-order valence-electron chi connectivity index (χ4n) is 2.60. The van der Waals surface area contributed by atoms with Gasteiger partial charge in [0.1, 0.15) is 18.1 Å². The number of ether oxygens (including phenoxy) is 2.